The second-order valence-corrected chi connectivity index (χ2v) is 5.46. The maximum absolute atomic E-state index is 10.9. The molecular weight excluding hydrogens is 376 g/mol. The second kappa shape index (κ2) is 8.58. The van der Waals surface area contributed by atoms with Crippen molar-refractivity contribution in [1.29, 1.82) is 0 Å². The maximum atomic E-state index is 10.9. The predicted octanol–water partition coefficient (Wildman–Crippen LogP) is 2.33. The lowest BCUT2D eigenvalue weighted by atomic mass is 10.2. The zero-order valence-corrected chi connectivity index (χ0v) is 14.7. The van der Waals surface area contributed by atoms with E-state index in [1.807, 2.05) is 0 Å². The minimum Gasteiger partial charge on any atom is -0.504 e. The van der Waals surface area contributed by atoms with Crippen LogP contribution < -0.4 is 15.5 Å². The van der Waals surface area contributed by atoms with Crippen molar-refractivity contribution in [2.24, 2.45) is 5.10 Å². The number of thiocarbonyl (C=S) groups is 1. The van der Waals surface area contributed by atoms with Crippen LogP contribution >= 0.6 is 12.2 Å². The van der Waals surface area contributed by atoms with Crippen molar-refractivity contribution < 1.29 is 24.7 Å². The monoisotopic (exact) mass is 390 g/mol. The van der Waals surface area contributed by atoms with E-state index in [0.717, 1.165) is 18.3 Å². The molecule has 27 heavy (non-hydrogen) atoms. The van der Waals surface area contributed by atoms with E-state index in [4.69, 9.17) is 22.1 Å². The van der Waals surface area contributed by atoms with Crippen molar-refractivity contribution in [3.05, 3.63) is 57.6 Å². The van der Waals surface area contributed by atoms with Crippen molar-refractivity contribution >= 4 is 40.9 Å². The van der Waals surface area contributed by atoms with Crippen molar-refractivity contribution in [2.45, 2.75) is 0 Å². The molecule has 140 valence electrons. The van der Waals surface area contributed by atoms with Gasteiger partial charge in [0.05, 0.1) is 29.9 Å². The van der Waals surface area contributed by atoms with Crippen molar-refractivity contribution in [1.82, 2.24) is 5.43 Å². The van der Waals surface area contributed by atoms with Crippen LogP contribution in [0.2, 0.25) is 0 Å². The second-order valence-electron chi connectivity index (χ2n) is 5.05. The number of methoxy groups -OCH3 is 1. The molecule has 0 radical (unpaired) electrons. The van der Waals surface area contributed by atoms with Gasteiger partial charge in [-0.1, -0.05) is 6.07 Å². The Kier molecular flexibility index (Phi) is 6.23. The maximum Gasteiger partial charge on any atom is 0.335 e. The lowest BCUT2D eigenvalue weighted by molar-refractivity contribution is -0.385. The molecule has 10 nitrogen and oxygen atoms in total. The van der Waals surface area contributed by atoms with Crippen LogP contribution in [-0.4, -0.2) is 39.5 Å². The van der Waals surface area contributed by atoms with Crippen LogP contribution in [-0.2, 0) is 0 Å². The number of carboxylic acid groups (broad SMARTS) is 1. The van der Waals surface area contributed by atoms with Gasteiger partial charge < -0.3 is 20.3 Å². The highest BCUT2D eigenvalue weighted by Gasteiger charge is 2.15. The summed E-state index contributed by atoms with van der Waals surface area (Å²) < 4.78 is 4.89. The van der Waals surface area contributed by atoms with Gasteiger partial charge in [0.1, 0.15) is 0 Å². The van der Waals surface area contributed by atoms with Gasteiger partial charge in [-0.05, 0) is 30.4 Å². The third-order valence-corrected chi connectivity index (χ3v) is 3.45. The Hall–Kier alpha value is -3.73. The summed E-state index contributed by atoms with van der Waals surface area (Å²) in [6, 6.07) is 8.18. The van der Waals surface area contributed by atoms with Gasteiger partial charge in [0.2, 0.25) is 0 Å². The van der Waals surface area contributed by atoms with E-state index in [-0.39, 0.29) is 33.4 Å². The number of benzene rings is 2. The molecule has 0 atom stereocenters. The van der Waals surface area contributed by atoms with Gasteiger partial charge in [-0.25, -0.2) is 4.79 Å². The molecular formula is C16H14N4O6S. The number of carbonyl (C=O) groups is 1. The number of phenolic OH excluding ortho intramolecular Hbond substituents is 1. The van der Waals surface area contributed by atoms with Gasteiger partial charge >= 0.3 is 5.97 Å². The number of nitrogens with one attached hydrogen (secondary N) is 2. The van der Waals surface area contributed by atoms with Crippen LogP contribution in [0.1, 0.15) is 15.9 Å². The molecule has 0 aromatic heterocycles. The Bertz CT molecular complexity index is 931. The van der Waals surface area contributed by atoms with Gasteiger partial charge in [0, 0.05) is 17.3 Å². The summed E-state index contributed by atoms with van der Waals surface area (Å²) in [6.07, 6.45) is 1.13. The largest absolute Gasteiger partial charge is 0.504 e. The first-order chi connectivity index (χ1) is 12.8. The number of nitro groups is 1. The summed E-state index contributed by atoms with van der Waals surface area (Å²) in [6.45, 7) is 0. The fraction of sp³-hybridized carbons (Fsp3) is 0.0625. The standard InChI is InChI=1S/C16H14N4O6S/c1-26-13-7-12(20(24)25)6-10(14(13)21)8-17-19-16(27)18-11-4-2-3-9(5-11)15(22)23/h2-8,21H,1H3,(H,22,23)(H2,18,19,27)/b17-8-. The minimum absolute atomic E-state index is 0.0456. The Balaban J connectivity index is 2.10. The lowest BCUT2D eigenvalue weighted by Gasteiger charge is -2.08. The van der Waals surface area contributed by atoms with E-state index in [2.05, 4.69) is 15.8 Å². The summed E-state index contributed by atoms with van der Waals surface area (Å²) in [5.41, 5.74) is 2.74. The molecule has 0 bridgehead atoms. The zero-order chi connectivity index (χ0) is 20.0. The average molecular weight is 390 g/mol. The van der Waals surface area contributed by atoms with Gasteiger partial charge in [-0.15, -0.1) is 0 Å². The lowest BCUT2D eigenvalue weighted by Crippen LogP contribution is -2.24. The molecule has 0 aliphatic carbocycles. The number of carboxylic acids is 1. The quantitative estimate of drug-likeness (QED) is 0.252. The molecule has 0 fully saturated rings. The first-order valence-corrected chi connectivity index (χ1v) is 7.71. The number of rotatable bonds is 6. The molecule has 0 aliphatic rings. The molecule has 11 heteroatoms. The van der Waals surface area contributed by atoms with Crippen LogP contribution in [0.4, 0.5) is 11.4 Å². The Morgan fingerprint density at radius 1 is 1.37 bits per heavy atom. The number of hydrogen-bond donors (Lipinski definition) is 4. The van der Waals surface area contributed by atoms with Gasteiger partial charge in [0.15, 0.2) is 16.6 Å². The minimum atomic E-state index is -1.08. The number of aromatic hydroxyl groups is 1. The highest BCUT2D eigenvalue weighted by molar-refractivity contribution is 7.80. The molecule has 2 aromatic rings. The number of non-ortho nitro benzene ring substituents is 1. The van der Waals surface area contributed by atoms with Gasteiger partial charge in [-0.2, -0.15) is 5.10 Å². The summed E-state index contributed by atoms with van der Waals surface area (Å²) >= 11 is 5.03. The molecule has 4 N–H and O–H groups in total. The molecule has 0 aliphatic heterocycles. The number of hydrogen-bond acceptors (Lipinski definition) is 7. The van der Waals surface area contributed by atoms with Crippen LogP contribution in [0.25, 0.3) is 0 Å². The SMILES string of the molecule is COc1cc([N+](=O)[O-])cc(/C=N\NC(=S)Nc2cccc(C(=O)O)c2)c1O. The molecule has 0 heterocycles. The summed E-state index contributed by atoms with van der Waals surface area (Å²) in [4.78, 5) is 21.2. The number of aromatic carboxylic acids is 1. The van der Waals surface area contributed by atoms with Gasteiger partial charge in [-0.3, -0.25) is 15.5 Å². The fourth-order valence-corrected chi connectivity index (χ4v) is 2.19. The predicted molar refractivity (Wildman–Crippen MR) is 102 cm³/mol. The van der Waals surface area contributed by atoms with E-state index in [0.29, 0.717) is 5.69 Å². The first-order valence-electron chi connectivity index (χ1n) is 7.30. The number of anilines is 1. The van der Waals surface area contributed by atoms with Crippen LogP contribution in [0.5, 0.6) is 11.5 Å². The normalized spacial score (nSPS) is 10.4. The van der Waals surface area contributed by atoms with Crippen molar-refractivity contribution in [3.63, 3.8) is 0 Å². The van der Waals surface area contributed by atoms with E-state index >= 15 is 0 Å². The van der Waals surface area contributed by atoms with E-state index in [9.17, 15) is 20.0 Å². The topological polar surface area (TPSA) is 146 Å². The van der Waals surface area contributed by atoms with Crippen LogP contribution in [0, 0.1) is 10.1 Å². The molecule has 2 aromatic carbocycles. The third kappa shape index (κ3) is 5.12. The fourth-order valence-electron chi connectivity index (χ4n) is 2.02. The number of phenols is 1. The van der Waals surface area contributed by atoms with E-state index < -0.39 is 10.9 Å². The highest BCUT2D eigenvalue weighted by Crippen LogP contribution is 2.33. The molecule has 2 rings (SSSR count). The number of hydrazone groups is 1. The molecule has 0 saturated carbocycles. The average Bonchev–Trinajstić information content (AvgIpc) is 2.63. The Labute approximate surface area is 158 Å². The molecule has 0 amide bonds. The summed E-state index contributed by atoms with van der Waals surface area (Å²) in [5, 5.41) is 36.5. The number of nitrogens with zero attached hydrogens (tertiary/aromatic N) is 2. The van der Waals surface area contributed by atoms with Crippen LogP contribution in [0.15, 0.2) is 41.5 Å². The zero-order valence-electron chi connectivity index (χ0n) is 13.9. The number of nitro benzene ring substituents is 1. The summed E-state index contributed by atoms with van der Waals surface area (Å²) in [5.74, 6) is -1.47. The molecule has 0 spiro atoms. The smallest absolute Gasteiger partial charge is 0.335 e. The van der Waals surface area contributed by atoms with E-state index in [1.54, 1.807) is 12.1 Å². The van der Waals surface area contributed by atoms with E-state index in [1.165, 1.54) is 19.2 Å². The molecule has 0 saturated heterocycles. The Morgan fingerprint density at radius 2 is 2.11 bits per heavy atom. The third-order valence-electron chi connectivity index (χ3n) is 3.26. The highest BCUT2D eigenvalue weighted by atomic mass is 32.1. The molecule has 0 unspecified atom stereocenters. The van der Waals surface area contributed by atoms with Crippen LogP contribution in [0.3, 0.4) is 0 Å². The van der Waals surface area contributed by atoms with Crippen molar-refractivity contribution in [2.75, 3.05) is 12.4 Å². The first kappa shape index (κ1) is 19.6. The van der Waals surface area contributed by atoms with Gasteiger partial charge in [0.25, 0.3) is 5.69 Å². The Morgan fingerprint density at radius 3 is 2.74 bits per heavy atom. The van der Waals surface area contributed by atoms with Crippen molar-refractivity contribution in [3.8, 4) is 11.5 Å². The number of ether oxygens (including phenoxy) is 1. The summed E-state index contributed by atoms with van der Waals surface area (Å²) in [7, 11) is 1.27.